The minimum atomic E-state index is -1.07. The molecule has 0 saturated heterocycles. The van der Waals surface area contributed by atoms with Gasteiger partial charge in [0, 0.05) is 35.7 Å². The van der Waals surface area contributed by atoms with E-state index in [1.165, 1.54) is 6.92 Å². The topological polar surface area (TPSA) is 77.5 Å². The van der Waals surface area contributed by atoms with Gasteiger partial charge >= 0.3 is 5.97 Å². The normalized spacial score (nSPS) is 49.9. The lowest BCUT2D eigenvalue weighted by molar-refractivity contribution is -0.187. The maximum atomic E-state index is 13.2. The molecule has 0 aromatic rings. The lowest BCUT2D eigenvalue weighted by Crippen LogP contribution is -2.59. The molecule has 0 amide bonds. The number of allylic oxidation sites excluding steroid dienone is 1. The minimum absolute atomic E-state index is 0.0735. The first kappa shape index (κ1) is 19.2. The number of esters is 1. The lowest BCUT2D eigenvalue weighted by Gasteiger charge is -2.58. The first-order valence-corrected chi connectivity index (χ1v) is 11.1. The minimum Gasteiger partial charge on any atom is -0.451 e. The molecule has 5 aliphatic rings. The van der Waals surface area contributed by atoms with E-state index in [9.17, 15) is 19.2 Å². The third-order valence-corrected chi connectivity index (χ3v) is 9.73. The van der Waals surface area contributed by atoms with Gasteiger partial charge in [-0.25, -0.2) is 0 Å². The fraction of sp³-hybridized carbons (Fsp3) is 0.750. The van der Waals surface area contributed by atoms with E-state index >= 15 is 0 Å². The highest BCUT2D eigenvalue weighted by Gasteiger charge is 2.71. The van der Waals surface area contributed by atoms with E-state index in [2.05, 4.69) is 13.8 Å². The molecule has 0 aromatic heterocycles. The van der Waals surface area contributed by atoms with Crippen molar-refractivity contribution in [2.75, 3.05) is 0 Å². The molecule has 0 unspecified atom stereocenters. The highest BCUT2D eigenvalue weighted by atomic mass is 16.6. The van der Waals surface area contributed by atoms with Gasteiger partial charge in [-0.1, -0.05) is 13.8 Å². The number of fused-ring (bicyclic) bond motifs is 7. The number of ether oxygens (including phenoxy) is 1. The van der Waals surface area contributed by atoms with E-state index in [4.69, 9.17) is 4.74 Å². The Morgan fingerprint density at radius 2 is 1.72 bits per heavy atom. The number of hydrogen-bond acceptors (Lipinski definition) is 5. The first-order valence-electron chi connectivity index (χ1n) is 11.1. The van der Waals surface area contributed by atoms with Gasteiger partial charge in [-0.15, -0.1) is 0 Å². The van der Waals surface area contributed by atoms with Crippen LogP contribution in [0.1, 0.15) is 66.2 Å². The fourth-order valence-corrected chi connectivity index (χ4v) is 8.33. The van der Waals surface area contributed by atoms with E-state index < -0.39 is 17.0 Å². The van der Waals surface area contributed by atoms with Crippen molar-refractivity contribution >= 4 is 23.3 Å². The molecular weight excluding hydrogens is 368 g/mol. The molecule has 5 nitrogen and oxygen atoms in total. The Morgan fingerprint density at radius 3 is 2.38 bits per heavy atom. The number of carbonyl (C=O) groups excluding carboxylic acids is 4. The predicted octanol–water partition coefficient (Wildman–Crippen LogP) is 3.44. The third kappa shape index (κ3) is 2.17. The van der Waals surface area contributed by atoms with Crippen molar-refractivity contribution < 1.29 is 23.9 Å². The van der Waals surface area contributed by atoms with Crippen LogP contribution in [0.4, 0.5) is 0 Å². The van der Waals surface area contributed by atoms with Crippen LogP contribution in [0.3, 0.4) is 0 Å². The monoisotopic (exact) mass is 398 g/mol. The second-order valence-electron chi connectivity index (χ2n) is 10.7. The zero-order valence-electron chi connectivity index (χ0n) is 17.7. The van der Waals surface area contributed by atoms with E-state index in [1.54, 1.807) is 13.0 Å². The summed E-state index contributed by atoms with van der Waals surface area (Å²) in [6, 6.07) is 0. The molecule has 0 N–H and O–H groups in total. The Bertz CT molecular complexity index is 886. The Labute approximate surface area is 171 Å². The number of hydrogen-bond donors (Lipinski definition) is 0. The van der Waals surface area contributed by atoms with E-state index in [1.807, 2.05) is 0 Å². The molecule has 0 spiro atoms. The van der Waals surface area contributed by atoms with Gasteiger partial charge in [0.25, 0.3) is 0 Å². The van der Waals surface area contributed by atoms with Gasteiger partial charge < -0.3 is 4.74 Å². The van der Waals surface area contributed by atoms with Gasteiger partial charge in [-0.2, -0.15) is 0 Å². The summed E-state index contributed by atoms with van der Waals surface area (Å²) in [5.74, 6) is 0.895. The van der Waals surface area contributed by atoms with Gasteiger partial charge in [-0.05, 0) is 68.8 Å². The number of carbonyl (C=O) groups is 4. The Balaban J connectivity index is 1.56. The summed E-state index contributed by atoms with van der Waals surface area (Å²) in [6.45, 7) is 7.24. The summed E-state index contributed by atoms with van der Waals surface area (Å²) in [7, 11) is 0. The van der Waals surface area contributed by atoms with Gasteiger partial charge in [0.15, 0.2) is 23.0 Å². The molecule has 5 heteroatoms. The Kier molecular flexibility index (Phi) is 3.76. The molecular formula is C24H30O5. The van der Waals surface area contributed by atoms with Crippen molar-refractivity contribution in [1.29, 1.82) is 0 Å². The van der Waals surface area contributed by atoms with Crippen LogP contribution >= 0.6 is 0 Å². The van der Waals surface area contributed by atoms with Crippen LogP contribution < -0.4 is 0 Å². The molecule has 156 valence electrons. The zero-order valence-corrected chi connectivity index (χ0v) is 17.7. The van der Waals surface area contributed by atoms with Crippen molar-refractivity contribution in [1.82, 2.24) is 0 Å². The Morgan fingerprint density at radius 1 is 1.03 bits per heavy atom. The maximum Gasteiger partial charge on any atom is 0.303 e. The average molecular weight is 398 g/mol. The van der Waals surface area contributed by atoms with Crippen LogP contribution in [-0.4, -0.2) is 28.9 Å². The second-order valence-corrected chi connectivity index (χ2v) is 10.7. The highest BCUT2D eigenvalue weighted by molar-refractivity contribution is 6.08. The summed E-state index contributed by atoms with van der Waals surface area (Å²) in [5, 5.41) is 0. The van der Waals surface area contributed by atoms with Gasteiger partial charge in [0.05, 0.1) is 0 Å². The predicted molar refractivity (Wildman–Crippen MR) is 105 cm³/mol. The van der Waals surface area contributed by atoms with Gasteiger partial charge in [0.1, 0.15) is 0 Å². The molecule has 0 bridgehead atoms. The third-order valence-electron chi connectivity index (χ3n) is 9.73. The lowest BCUT2D eigenvalue weighted by atomic mass is 9.45. The molecule has 29 heavy (non-hydrogen) atoms. The van der Waals surface area contributed by atoms with Crippen LogP contribution in [0, 0.1) is 40.4 Å². The summed E-state index contributed by atoms with van der Waals surface area (Å²) in [4.78, 5) is 50.2. The SMILES string of the molecule is CC(=O)O[C@]1(C(C)=O)CC[C@H]2[C@@H]3CC(=O)C4=CC(=O)[C@H]5C[C@H]5[C@]4(C)[C@H]3CC[C@@]21C. The van der Waals surface area contributed by atoms with Crippen LogP contribution in [0.15, 0.2) is 11.6 Å². The number of rotatable bonds is 2. The van der Waals surface area contributed by atoms with Gasteiger partial charge in [-0.3, -0.25) is 19.2 Å². The van der Waals surface area contributed by atoms with E-state index in [-0.39, 0.29) is 40.5 Å². The molecule has 0 aromatic carbocycles. The molecule has 0 aliphatic heterocycles. The van der Waals surface area contributed by atoms with E-state index in [0.29, 0.717) is 24.7 Å². The largest absolute Gasteiger partial charge is 0.451 e. The number of Topliss-reactive ketones (excluding diaryl/α,β-unsaturated/α-hetero) is 2. The summed E-state index contributed by atoms with van der Waals surface area (Å²) in [6.07, 6.45) is 6.09. The van der Waals surface area contributed by atoms with Crippen molar-refractivity contribution in [2.45, 2.75) is 71.8 Å². The first-order chi connectivity index (χ1) is 13.6. The number of ketones is 3. The van der Waals surface area contributed by atoms with Crippen LogP contribution in [0.5, 0.6) is 0 Å². The van der Waals surface area contributed by atoms with Crippen molar-refractivity contribution in [2.24, 2.45) is 40.4 Å². The van der Waals surface area contributed by atoms with Crippen LogP contribution in [0.2, 0.25) is 0 Å². The summed E-state index contributed by atoms with van der Waals surface area (Å²) >= 11 is 0. The van der Waals surface area contributed by atoms with Crippen molar-refractivity contribution in [3.8, 4) is 0 Å². The smallest absolute Gasteiger partial charge is 0.303 e. The summed E-state index contributed by atoms with van der Waals surface area (Å²) < 4.78 is 5.79. The highest BCUT2D eigenvalue weighted by Crippen LogP contribution is 2.72. The van der Waals surface area contributed by atoms with E-state index in [0.717, 1.165) is 31.3 Å². The maximum absolute atomic E-state index is 13.2. The molecule has 5 rings (SSSR count). The average Bonchev–Trinajstić information content (AvgIpc) is 3.39. The second kappa shape index (κ2) is 5.67. The van der Waals surface area contributed by atoms with Gasteiger partial charge in [0.2, 0.25) is 0 Å². The van der Waals surface area contributed by atoms with Crippen molar-refractivity contribution in [3.63, 3.8) is 0 Å². The molecule has 4 saturated carbocycles. The van der Waals surface area contributed by atoms with Crippen LogP contribution in [0.25, 0.3) is 0 Å². The zero-order chi connectivity index (χ0) is 20.9. The fourth-order valence-electron chi connectivity index (χ4n) is 8.33. The molecule has 0 radical (unpaired) electrons. The standard InChI is InChI=1S/C24H30O5/c1-12(25)24(29-13(2)26)8-6-16-14-10-21(28)19-11-20(27)15-9-18(15)23(19,4)17(14)5-7-22(16,24)3/h11,14-18H,5-10H2,1-4H3/t14-,15-,16-,17-,18+,22-,23-,24-/m0/s1. The van der Waals surface area contributed by atoms with Crippen molar-refractivity contribution in [3.05, 3.63) is 11.6 Å². The Hall–Kier alpha value is -1.78. The molecule has 4 fully saturated rings. The quantitative estimate of drug-likeness (QED) is 0.666. The summed E-state index contributed by atoms with van der Waals surface area (Å²) in [5.41, 5.74) is -0.958. The molecule has 0 heterocycles. The molecule has 5 aliphatic carbocycles. The molecule has 8 atom stereocenters. The van der Waals surface area contributed by atoms with Crippen LogP contribution in [-0.2, 0) is 23.9 Å².